The molecule has 1 heterocycles. The normalized spacial score (nSPS) is 23.8. The monoisotopic (exact) mass is 254 g/mol. The molecule has 3 nitrogen and oxygen atoms in total. The van der Waals surface area contributed by atoms with E-state index in [1.165, 1.54) is 45.1 Å². The van der Waals surface area contributed by atoms with Gasteiger partial charge in [0.2, 0.25) is 0 Å². The highest BCUT2D eigenvalue weighted by Gasteiger charge is 2.34. The summed E-state index contributed by atoms with van der Waals surface area (Å²) in [5.41, 5.74) is 0.649. The van der Waals surface area contributed by atoms with Gasteiger partial charge in [-0.3, -0.25) is 0 Å². The second kappa shape index (κ2) is 7.46. The number of hydrogen-bond acceptors (Lipinski definition) is 3. The number of ether oxygens (including phenoxy) is 1. The van der Waals surface area contributed by atoms with Crippen LogP contribution in [0.2, 0.25) is 0 Å². The maximum atomic E-state index is 5.90. The van der Waals surface area contributed by atoms with Gasteiger partial charge in [-0.15, -0.1) is 0 Å². The standard InChI is InChI=1S/C15H30N2O/c1-2-15(7-3-8-15)13-17-9-4-12-18-14-5-10-16-11-6-14/h14,16-17H,2-13H2,1H3. The van der Waals surface area contributed by atoms with Gasteiger partial charge in [-0.05, 0) is 63.6 Å². The van der Waals surface area contributed by atoms with Crippen LogP contribution in [0.3, 0.4) is 0 Å². The molecule has 0 aromatic carbocycles. The van der Waals surface area contributed by atoms with E-state index in [1.807, 2.05) is 0 Å². The van der Waals surface area contributed by atoms with Crippen LogP contribution < -0.4 is 10.6 Å². The summed E-state index contributed by atoms with van der Waals surface area (Å²) in [7, 11) is 0. The Morgan fingerprint density at radius 3 is 2.67 bits per heavy atom. The van der Waals surface area contributed by atoms with Crippen LogP contribution in [-0.2, 0) is 4.74 Å². The quantitative estimate of drug-likeness (QED) is 0.652. The molecule has 0 atom stereocenters. The van der Waals surface area contributed by atoms with Crippen molar-refractivity contribution >= 4 is 0 Å². The molecule has 106 valence electrons. The lowest BCUT2D eigenvalue weighted by atomic mass is 9.67. The van der Waals surface area contributed by atoms with E-state index in [4.69, 9.17) is 4.74 Å². The Kier molecular flexibility index (Phi) is 5.93. The lowest BCUT2D eigenvalue weighted by Crippen LogP contribution is -2.40. The van der Waals surface area contributed by atoms with Gasteiger partial charge in [0.25, 0.3) is 0 Å². The maximum absolute atomic E-state index is 5.90. The average molecular weight is 254 g/mol. The van der Waals surface area contributed by atoms with E-state index in [0.29, 0.717) is 11.5 Å². The number of rotatable bonds is 8. The molecule has 0 aromatic heterocycles. The van der Waals surface area contributed by atoms with Gasteiger partial charge in [-0.1, -0.05) is 13.3 Å². The first-order chi connectivity index (χ1) is 8.85. The predicted molar refractivity (Wildman–Crippen MR) is 75.9 cm³/mol. The fourth-order valence-electron chi connectivity index (χ4n) is 3.09. The van der Waals surface area contributed by atoms with E-state index in [2.05, 4.69) is 17.6 Å². The highest BCUT2D eigenvalue weighted by atomic mass is 16.5. The molecule has 1 aliphatic heterocycles. The summed E-state index contributed by atoms with van der Waals surface area (Å²) in [4.78, 5) is 0. The Balaban J connectivity index is 1.43. The number of hydrogen-bond donors (Lipinski definition) is 2. The van der Waals surface area contributed by atoms with Gasteiger partial charge in [0.1, 0.15) is 0 Å². The second-order valence-electron chi connectivity index (χ2n) is 6.06. The molecule has 2 N–H and O–H groups in total. The third-order valence-electron chi connectivity index (χ3n) is 4.80. The molecular formula is C15H30N2O. The van der Waals surface area contributed by atoms with Gasteiger partial charge in [0, 0.05) is 13.2 Å². The summed E-state index contributed by atoms with van der Waals surface area (Å²) >= 11 is 0. The zero-order valence-corrected chi connectivity index (χ0v) is 12.0. The van der Waals surface area contributed by atoms with Crippen molar-refractivity contribution in [2.24, 2.45) is 5.41 Å². The van der Waals surface area contributed by atoms with Crippen LogP contribution in [-0.4, -0.2) is 38.9 Å². The van der Waals surface area contributed by atoms with Crippen molar-refractivity contribution in [2.75, 3.05) is 32.8 Å². The molecule has 18 heavy (non-hydrogen) atoms. The third kappa shape index (κ3) is 4.22. The van der Waals surface area contributed by atoms with E-state index >= 15 is 0 Å². The van der Waals surface area contributed by atoms with Gasteiger partial charge < -0.3 is 15.4 Å². The van der Waals surface area contributed by atoms with Gasteiger partial charge in [-0.25, -0.2) is 0 Å². The minimum atomic E-state index is 0.514. The molecule has 2 aliphatic rings. The summed E-state index contributed by atoms with van der Waals surface area (Å²) in [6, 6.07) is 0. The van der Waals surface area contributed by atoms with Crippen LogP contribution in [0.15, 0.2) is 0 Å². The van der Waals surface area contributed by atoms with Crippen LogP contribution in [0.1, 0.15) is 51.9 Å². The summed E-state index contributed by atoms with van der Waals surface area (Å²) in [6.45, 7) is 7.85. The van der Waals surface area contributed by atoms with Gasteiger partial charge in [0.15, 0.2) is 0 Å². The van der Waals surface area contributed by atoms with Crippen molar-refractivity contribution in [3.05, 3.63) is 0 Å². The number of piperidine rings is 1. The summed E-state index contributed by atoms with van der Waals surface area (Å²) in [5.74, 6) is 0. The molecule has 0 bridgehead atoms. The summed E-state index contributed by atoms with van der Waals surface area (Å²) < 4.78 is 5.90. The minimum absolute atomic E-state index is 0.514. The Morgan fingerprint density at radius 1 is 1.28 bits per heavy atom. The van der Waals surface area contributed by atoms with Crippen molar-refractivity contribution < 1.29 is 4.74 Å². The zero-order chi connectivity index (χ0) is 12.7. The molecule has 1 saturated heterocycles. The van der Waals surface area contributed by atoms with E-state index in [9.17, 15) is 0 Å². The smallest absolute Gasteiger partial charge is 0.0599 e. The van der Waals surface area contributed by atoms with Crippen molar-refractivity contribution in [3.8, 4) is 0 Å². The lowest BCUT2D eigenvalue weighted by molar-refractivity contribution is 0.0310. The van der Waals surface area contributed by atoms with Gasteiger partial charge in [-0.2, -0.15) is 0 Å². The lowest BCUT2D eigenvalue weighted by Gasteiger charge is -2.41. The van der Waals surface area contributed by atoms with Crippen molar-refractivity contribution in [2.45, 2.75) is 58.0 Å². The molecular weight excluding hydrogens is 224 g/mol. The minimum Gasteiger partial charge on any atom is -0.378 e. The topological polar surface area (TPSA) is 33.3 Å². The van der Waals surface area contributed by atoms with Gasteiger partial charge in [0.05, 0.1) is 6.10 Å². The highest BCUT2D eigenvalue weighted by molar-refractivity contribution is 4.88. The van der Waals surface area contributed by atoms with Gasteiger partial charge >= 0.3 is 0 Å². The molecule has 2 rings (SSSR count). The maximum Gasteiger partial charge on any atom is 0.0599 e. The highest BCUT2D eigenvalue weighted by Crippen LogP contribution is 2.42. The van der Waals surface area contributed by atoms with Crippen LogP contribution in [0, 0.1) is 5.41 Å². The second-order valence-corrected chi connectivity index (χ2v) is 6.06. The summed E-state index contributed by atoms with van der Waals surface area (Å²) in [5, 5.41) is 6.99. The Labute approximate surface area is 112 Å². The SMILES string of the molecule is CCC1(CNCCCOC2CCNCC2)CCC1. The Hall–Kier alpha value is -0.120. The molecule has 2 fully saturated rings. The molecule has 0 aromatic rings. The van der Waals surface area contributed by atoms with E-state index in [0.717, 1.165) is 32.7 Å². The predicted octanol–water partition coefficient (Wildman–Crippen LogP) is 2.31. The van der Waals surface area contributed by atoms with Crippen LogP contribution in [0.25, 0.3) is 0 Å². The van der Waals surface area contributed by atoms with Crippen molar-refractivity contribution in [1.82, 2.24) is 10.6 Å². The van der Waals surface area contributed by atoms with E-state index in [-0.39, 0.29) is 0 Å². The fraction of sp³-hybridized carbons (Fsp3) is 1.00. The van der Waals surface area contributed by atoms with Crippen molar-refractivity contribution in [3.63, 3.8) is 0 Å². The number of nitrogens with one attached hydrogen (secondary N) is 2. The Morgan fingerprint density at radius 2 is 2.06 bits per heavy atom. The molecule has 0 amide bonds. The van der Waals surface area contributed by atoms with E-state index < -0.39 is 0 Å². The van der Waals surface area contributed by atoms with Crippen LogP contribution >= 0.6 is 0 Å². The average Bonchev–Trinajstić information content (AvgIpc) is 2.37. The summed E-state index contributed by atoms with van der Waals surface area (Å²) in [6.07, 6.45) is 9.69. The molecule has 1 saturated carbocycles. The van der Waals surface area contributed by atoms with Crippen LogP contribution in [0.4, 0.5) is 0 Å². The molecule has 0 spiro atoms. The first-order valence-corrected chi connectivity index (χ1v) is 7.88. The zero-order valence-electron chi connectivity index (χ0n) is 12.0. The molecule has 3 heteroatoms. The fourth-order valence-corrected chi connectivity index (χ4v) is 3.09. The van der Waals surface area contributed by atoms with Crippen LogP contribution in [0.5, 0.6) is 0 Å². The Bertz CT molecular complexity index is 217. The van der Waals surface area contributed by atoms with E-state index in [1.54, 1.807) is 0 Å². The van der Waals surface area contributed by atoms with Crippen molar-refractivity contribution in [1.29, 1.82) is 0 Å². The molecule has 1 aliphatic carbocycles. The molecule has 0 unspecified atom stereocenters. The molecule has 0 radical (unpaired) electrons. The largest absolute Gasteiger partial charge is 0.378 e. The third-order valence-corrected chi connectivity index (χ3v) is 4.80. The first kappa shape index (κ1) is 14.3. The first-order valence-electron chi connectivity index (χ1n) is 7.88.